The Morgan fingerprint density at radius 1 is 1.10 bits per heavy atom. The van der Waals surface area contributed by atoms with Crippen molar-refractivity contribution in [1.82, 2.24) is 0 Å². The van der Waals surface area contributed by atoms with Crippen LogP contribution >= 0.6 is 0 Å². The Hall–Kier alpha value is -1.58. The van der Waals surface area contributed by atoms with Crippen molar-refractivity contribution in [2.24, 2.45) is 23.2 Å². The van der Waals surface area contributed by atoms with Crippen LogP contribution in [0.2, 0.25) is 0 Å². The number of hydrogen-bond donors (Lipinski definition) is 0. The Bertz CT molecular complexity index is 497. The molecule has 4 nitrogen and oxygen atoms in total. The smallest absolute Gasteiger partial charge is 0.330 e. The Balaban J connectivity index is 1.70. The zero-order chi connectivity index (χ0) is 15.2. The van der Waals surface area contributed by atoms with Gasteiger partial charge in [-0.3, -0.25) is 0 Å². The molecular formula is C17H22O4. The highest BCUT2D eigenvalue weighted by Crippen LogP contribution is 2.66. The molecule has 0 radical (unpaired) electrons. The van der Waals surface area contributed by atoms with Crippen LogP contribution in [0.25, 0.3) is 0 Å². The minimum atomic E-state index is -0.341. The van der Waals surface area contributed by atoms with Crippen molar-refractivity contribution in [2.75, 3.05) is 0 Å². The Morgan fingerprint density at radius 2 is 1.76 bits per heavy atom. The van der Waals surface area contributed by atoms with Gasteiger partial charge in [-0.1, -0.05) is 20.1 Å². The van der Waals surface area contributed by atoms with Gasteiger partial charge in [0.1, 0.15) is 12.2 Å². The van der Waals surface area contributed by atoms with Crippen molar-refractivity contribution in [3.63, 3.8) is 0 Å². The molecule has 3 aliphatic carbocycles. The van der Waals surface area contributed by atoms with Crippen molar-refractivity contribution in [3.05, 3.63) is 25.3 Å². The average molecular weight is 290 g/mol. The van der Waals surface area contributed by atoms with Crippen LogP contribution in [0.5, 0.6) is 0 Å². The van der Waals surface area contributed by atoms with E-state index >= 15 is 0 Å². The molecular weight excluding hydrogens is 268 g/mol. The summed E-state index contributed by atoms with van der Waals surface area (Å²) in [4.78, 5) is 22.9. The van der Waals surface area contributed by atoms with Crippen molar-refractivity contribution < 1.29 is 19.1 Å². The fourth-order valence-electron chi connectivity index (χ4n) is 5.02. The maximum atomic E-state index is 11.5. The third kappa shape index (κ3) is 2.21. The number of carbonyl (C=O) groups excluding carboxylic acids is 2. The molecule has 2 bridgehead atoms. The van der Waals surface area contributed by atoms with Crippen molar-refractivity contribution >= 4 is 11.9 Å². The summed E-state index contributed by atoms with van der Waals surface area (Å²) in [7, 11) is 0. The molecule has 3 aliphatic rings. The van der Waals surface area contributed by atoms with Crippen LogP contribution in [0.15, 0.2) is 25.3 Å². The van der Waals surface area contributed by atoms with Gasteiger partial charge in [0.25, 0.3) is 0 Å². The first-order chi connectivity index (χ1) is 9.97. The normalized spacial score (nSPS) is 43.2. The molecule has 0 aromatic rings. The SMILES string of the molecule is C=CC(=O)OC1CC2C3CC(OC(=O)C=C)C(C)(C3)C2C1. The van der Waals surface area contributed by atoms with E-state index in [0.29, 0.717) is 17.8 Å². The summed E-state index contributed by atoms with van der Waals surface area (Å²) in [5.41, 5.74) is 0.0172. The van der Waals surface area contributed by atoms with Gasteiger partial charge in [-0.15, -0.1) is 0 Å². The van der Waals surface area contributed by atoms with Crippen LogP contribution in [0, 0.1) is 23.2 Å². The lowest BCUT2D eigenvalue weighted by Crippen LogP contribution is -2.39. The molecule has 0 N–H and O–H groups in total. The standard InChI is InChI=1S/C17H22O4/c1-4-15(18)20-11-7-12-10-6-14(21-16(19)5-2)17(3,9-10)13(12)8-11/h4-5,10-14H,1-2,6-9H2,3H3. The largest absolute Gasteiger partial charge is 0.459 e. The number of ether oxygens (including phenoxy) is 2. The lowest BCUT2D eigenvalue weighted by molar-refractivity contribution is -0.151. The van der Waals surface area contributed by atoms with Gasteiger partial charge < -0.3 is 9.47 Å². The summed E-state index contributed by atoms with van der Waals surface area (Å²) in [5.74, 6) is 0.970. The molecule has 114 valence electrons. The molecule has 4 heteroatoms. The van der Waals surface area contributed by atoms with E-state index in [4.69, 9.17) is 9.47 Å². The van der Waals surface area contributed by atoms with Crippen LogP contribution in [0.4, 0.5) is 0 Å². The molecule has 0 aromatic carbocycles. The van der Waals surface area contributed by atoms with Crippen LogP contribution in [0.1, 0.15) is 32.6 Å². The lowest BCUT2D eigenvalue weighted by atomic mass is 9.71. The first-order valence-corrected chi connectivity index (χ1v) is 7.64. The van der Waals surface area contributed by atoms with E-state index in [9.17, 15) is 9.59 Å². The summed E-state index contributed by atoms with van der Waals surface area (Å²) < 4.78 is 11.0. The second-order valence-corrected chi connectivity index (χ2v) is 6.84. The number of hydrogen-bond acceptors (Lipinski definition) is 4. The fraction of sp³-hybridized carbons (Fsp3) is 0.647. The van der Waals surface area contributed by atoms with E-state index in [2.05, 4.69) is 20.1 Å². The Kier molecular flexibility index (Phi) is 3.42. The van der Waals surface area contributed by atoms with Gasteiger partial charge in [0.15, 0.2) is 0 Å². The molecule has 0 amide bonds. The summed E-state index contributed by atoms with van der Waals surface area (Å²) in [6.45, 7) is 9.13. The van der Waals surface area contributed by atoms with Crippen molar-refractivity contribution in [2.45, 2.75) is 44.8 Å². The molecule has 0 spiro atoms. The van der Waals surface area contributed by atoms with E-state index in [1.54, 1.807) is 0 Å². The second-order valence-electron chi connectivity index (χ2n) is 6.84. The number of esters is 2. The molecule has 3 rings (SSSR count). The Labute approximate surface area is 125 Å². The number of fused-ring (bicyclic) bond motifs is 5. The van der Waals surface area contributed by atoms with Crippen molar-refractivity contribution in [3.8, 4) is 0 Å². The number of rotatable bonds is 4. The van der Waals surface area contributed by atoms with Crippen LogP contribution in [-0.2, 0) is 19.1 Å². The molecule has 3 saturated carbocycles. The zero-order valence-electron chi connectivity index (χ0n) is 12.4. The predicted octanol–water partition coefficient (Wildman–Crippen LogP) is 2.64. The van der Waals surface area contributed by atoms with Crippen LogP contribution < -0.4 is 0 Å². The third-order valence-electron chi connectivity index (χ3n) is 5.85. The fourth-order valence-corrected chi connectivity index (χ4v) is 5.02. The zero-order valence-corrected chi connectivity index (χ0v) is 12.4. The van der Waals surface area contributed by atoms with Crippen LogP contribution in [0.3, 0.4) is 0 Å². The summed E-state index contributed by atoms with van der Waals surface area (Å²) in [6, 6.07) is 0. The third-order valence-corrected chi connectivity index (χ3v) is 5.85. The van der Waals surface area contributed by atoms with Gasteiger partial charge in [0.05, 0.1) is 0 Å². The minimum Gasteiger partial charge on any atom is -0.459 e. The minimum absolute atomic E-state index is 0.0125. The molecule has 21 heavy (non-hydrogen) atoms. The monoisotopic (exact) mass is 290 g/mol. The molecule has 0 heterocycles. The van der Waals surface area contributed by atoms with Gasteiger partial charge in [-0.2, -0.15) is 0 Å². The molecule has 3 fully saturated rings. The molecule has 0 aliphatic heterocycles. The second kappa shape index (κ2) is 5.00. The Morgan fingerprint density at radius 3 is 2.43 bits per heavy atom. The van der Waals surface area contributed by atoms with Gasteiger partial charge in [0, 0.05) is 17.6 Å². The van der Waals surface area contributed by atoms with E-state index in [-0.39, 0.29) is 29.6 Å². The molecule has 0 saturated heterocycles. The summed E-state index contributed by atoms with van der Waals surface area (Å²) >= 11 is 0. The first-order valence-electron chi connectivity index (χ1n) is 7.64. The molecule has 6 unspecified atom stereocenters. The van der Waals surface area contributed by atoms with Crippen LogP contribution in [-0.4, -0.2) is 24.1 Å². The topological polar surface area (TPSA) is 52.6 Å². The van der Waals surface area contributed by atoms with Gasteiger partial charge in [-0.25, -0.2) is 9.59 Å². The summed E-state index contributed by atoms with van der Waals surface area (Å²) in [5, 5.41) is 0. The van der Waals surface area contributed by atoms with Gasteiger partial charge in [-0.05, 0) is 43.4 Å². The van der Waals surface area contributed by atoms with Crippen molar-refractivity contribution in [1.29, 1.82) is 0 Å². The molecule has 6 atom stereocenters. The first kappa shape index (κ1) is 14.4. The van der Waals surface area contributed by atoms with E-state index in [0.717, 1.165) is 25.7 Å². The highest BCUT2D eigenvalue weighted by Gasteiger charge is 2.64. The van der Waals surface area contributed by atoms with E-state index in [1.165, 1.54) is 12.2 Å². The molecule has 0 aromatic heterocycles. The van der Waals surface area contributed by atoms with E-state index < -0.39 is 0 Å². The predicted molar refractivity (Wildman–Crippen MR) is 77.2 cm³/mol. The summed E-state index contributed by atoms with van der Waals surface area (Å²) in [6.07, 6.45) is 6.27. The maximum Gasteiger partial charge on any atom is 0.330 e. The highest BCUT2D eigenvalue weighted by atomic mass is 16.5. The maximum absolute atomic E-state index is 11.5. The van der Waals surface area contributed by atoms with E-state index in [1.807, 2.05) is 0 Å². The van der Waals surface area contributed by atoms with Gasteiger partial charge in [0.2, 0.25) is 0 Å². The van der Waals surface area contributed by atoms with Gasteiger partial charge >= 0.3 is 11.9 Å². The lowest BCUT2D eigenvalue weighted by Gasteiger charge is -2.38. The quantitative estimate of drug-likeness (QED) is 0.590. The average Bonchev–Trinajstić information content (AvgIpc) is 3.08. The highest BCUT2D eigenvalue weighted by molar-refractivity contribution is 5.81. The number of carbonyl (C=O) groups is 2.